The van der Waals surface area contributed by atoms with E-state index in [-0.39, 0.29) is 18.3 Å². The van der Waals surface area contributed by atoms with Crippen LogP contribution < -0.4 is 15.8 Å². The third kappa shape index (κ3) is 6.26. The zero-order valence-corrected chi connectivity index (χ0v) is 17.5. The summed E-state index contributed by atoms with van der Waals surface area (Å²) in [6.45, 7) is 5.15. The molecule has 0 radical (unpaired) electrons. The van der Waals surface area contributed by atoms with Gasteiger partial charge in [-0.05, 0) is 42.2 Å². The van der Waals surface area contributed by atoms with Crippen LogP contribution in [0.3, 0.4) is 0 Å². The number of ether oxygens (including phenoxy) is 1. The van der Waals surface area contributed by atoms with Crippen molar-refractivity contribution in [1.29, 1.82) is 0 Å². The molecule has 0 aliphatic heterocycles. The maximum absolute atomic E-state index is 12.7. The summed E-state index contributed by atoms with van der Waals surface area (Å²) in [4.78, 5) is 12.7. The summed E-state index contributed by atoms with van der Waals surface area (Å²) in [5.74, 6) is 0.591. The Balaban J connectivity index is 0.00000300. The van der Waals surface area contributed by atoms with Crippen LogP contribution in [0.4, 0.5) is 5.69 Å². The van der Waals surface area contributed by atoms with Gasteiger partial charge >= 0.3 is 0 Å². The van der Waals surface area contributed by atoms with E-state index in [1.54, 1.807) is 10.9 Å². The van der Waals surface area contributed by atoms with Crippen LogP contribution in [0, 0.1) is 5.92 Å². The standard InChI is InChI=1S/C22H26N4O2.ClH/c1-16(2)15-28-20-14-26(19-6-4-3-5-7-19)25-21(20)22(27)24-13-12-17-8-10-18(23)11-9-17;/h3-11,14,16H,12-13,15,23H2,1-2H3,(H,24,27);1H. The van der Waals surface area contributed by atoms with Gasteiger partial charge in [0, 0.05) is 12.2 Å². The molecular weight excluding hydrogens is 388 g/mol. The molecule has 0 aliphatic rings. The van der Waals surface area contributed by atoms with Crippen molar-refractivity contribution in [1.82, 2.24) is 15.1 Å². The monoisotopic (exact) mass is 414 g/mol. The number of nitrogens with one attached hydrogen (secondary N) is 1. The molecule has 0 spiro atoms. The Morgan fingerprint density at radius 3 is 2.48 bits per heavy atom. The summed E-state index contributed by atoms with van der Waals surface area (Å²) in [7, 11) is 0. The van der Waals surface area contributed by atoms with Crippen molar-refractivity contribution in [3.63, 3.8) is 0 Å². The van der Waals surface area contributed by atoms with Crippen molar-refractivity contribution in [2.24, 2.45) is 5.92 Å². The predicted molar refractivity (Wildman–Crippen MR) is 118 cm³/mol. The fraction of sp³-hybridized carbons (Fsp3) is 0.273. The first-order valence-electron chi connectivity index (χ1n) is 9.43. The van der Waals surface area contributed by atoms with Crippen LogP contribution in [0.5, 0.6) is 5.75 Å². The smallest absolute Gasteiger partial charge is 0.275 e. The summed E-state index contributed by atoms with van der Waals surface area (Å²) in [6, 6.07) is 17.3. The Labute approximate surface area is 177 Å². The number of nitrogens with zero attached hydrogens (tertiary/aromatic N) is 2. The van der Waals surface area contributed by atoms with Gasteiger partial charge in [-0.25, -0.2) is 4.68 Å². The van der Waals surface area contributed by atoms with Crippen LogP contribution >= 0.6 is 12.4 Å². The van der Waals surface area contributed by atoms with E-state index < -0.39 is 0 Å². The van der Waals surface area contributed by atoms with Crippen LogP contribution in [0.2, 0.25) is 0 Å². The Morgan fingerprint density at radius 2 is 1.83 bits per heavy atom. The van der Waals surface area contributed by atoms with Gasteiger partial charge in [0.05, 0.1) is 18.5 Å². The quantitative estimate of drug-likeness (QED) is 0.548. The number of hydrogen-bond acceptors (Lipinski definition) is 4. The normalized spacial score (nSPS) is 10.4. The zero-order valence-electron chi connectivity index (χ0n) is 16.7. The highest BCUT2D eigenvalue weighted by Crippen LogP contribution is 2.20. The van der Waals surface area contributed by atoms with Crippen molar-refractivity contribution < 1.29 is 9.53 Å². The predicted octanol–water partition coefficient (Wildman–Crippen LogP) is 3.88. The highest BCUT2D eigenvalue weighted by atomic mass is 35.5. The second-order valence-electron chi connectivity index (χ2n) is 7.07. The fourth-order valence-electron chi connectivity index (χ4n) is 2.68. The molecule has 29 heavy (non-hydrogen) atoms. The molecule has 2 aromatic carbocycles. The highest BCUT2D eigenvalue weighted by Gasteiger charge is 2.19. The van der Waals surface area contributed by atoms with Crippen molar-refractivity contribution in [3.8, 4) is 11.4 Å². The molecule has 3 rings (SSSR count). The summed E-state index contributed by atoms with van der Waals surface area (Å²) in [5, 5.41) is 7.39. The van der Waals surface area contributed by atoms with Gasteiger partial charge in [-0.2, -0.15) is 5.10 Å². The first kappa shape index (κ1) is 22.3. The lowest BCUT2D eigenvalue weighted by Crippen LogP contribution is -2.27. The van der Waals surface area contributed by atoms with E-state index in [1.807, 2.05) is 54.6 Å². The summed E-state index contributed by atoms with van der Waals surface area (Å²) in [6.07, 6.45) is 2.47. The second kappa shape index (κ2) is 10.5. The van der Waals surface area contributed by atoms with Crippen LogP contribution in [0.1, 0.15) is 29.9 Å². The number of benzene rings is 2. The molecule has 1 aromatic heterocycles. The van der Waals surface area contributed by atoms with E-state index in [1.165, 1.54) is 0 Å². The first-order valence-corrected chi connectivity index (χ1v) is 9.43. The van der Waals surface area contributed by atoms with E-state index in [2.05, 4.69) is 24.3 Å². The number of anilines is 1. The highest BCUT2D eigenvalue weighted by molar-refractivity contribution is 5.95. The zero-order chi connectivity index (χ0) is 19.9. The topological polar surface area (TPSA) is 82.2 Å². The van der Waals surface area contributed by atoms with Gasteiger partial charge in [-0.15, -0.1) is 12.4 Å². The van der Waals surface area contributed by atoms with Crippen molar-refractivity contribution in [2.45, 2.75) is 20.3 Å². The minimum absolute atomic E-state index is 0. The molecule has 0 bridgehead atoms. The van der Waals surface area contributed by atoms with Crippen LogP contribution in [0.25, 0.3) is 5.69 Å². The van der Waals surface area contributed by atoms with Gasteiger partial charge in [0.15, 0.2) is 11.4 Å². The number of carbonyl (C=O) groups excluding carboxylic acids is 1. The molecule has 1 heterocycles. The Hall–Kier alpha value is -2.99. The third-order valence-corrected chi connectivity index (χ3v) is 4.17. The molecule has 0 unspecified atom stereocenters. The largest absolute Gasteiger partial charge is 0.489 e. The number of halogens is 1. The number of amides is 1. The first-order chi connectivity index (χ1) is 13.5. The minimum atomic E-state index is -0.246. The van der Waals surface area contributed by atoms with E-state index >= 15 is 0 Å². The van der Waals surface area contributed by atoms with Gasteiger partial charge in [-0.3, -0.25) is 4.79 Å². The van der Waals surface area contributed by atoms with Crippen LogP contribution in [-0.4, -0.2) is 28.8 Å². The fourth-order valence-corrected chi connectivity index (χ4v) is 2.68. The van der Waals surface area contributed by atoms with Gasteiger partial charge in [-0.1, -0.05) is 44.2 Å². The molecule has 3 aromatic rings. The van der Waals surface area contributed by atoms with Crippen LogP contribution in [0.15, 0.2) is 60.8 Å². The number of rotatable bonds is 8. The van der Waals surface area contributed by atoms with E-state index in [9.17, 15) is 4.79 Å². The van der Waals surface area contributed by atoms with E-state index in [0.717, 1.165) is 16.9 Å². The van der Waals surface area contributed by atoms with Crippen LogP contribution in [-0.2, 0) is 6.42 Å². The Bertz CT molecular complexity index is 908. The lowest BCUT2D eigenvalue weighted by atomic mass is 10.1. The Kier molecular flexibility index (Phi) is 8.09. The van der Waals surface area contributed by atoms with E-state index in [4.69, 9.17) is 10.5 Å². The molecule has 0 fully saturated rings. The molecule has 154 valence electrons. The summed E-state index contributed by atoms with van der Waals surface area (Å²) >= 11 is 0. The molecule has 0 aliphatic carbocycles. The average Bonchev–Trinajstić information content (AvgIpc) is 3.13. The van der Waals surface area contributed by atoms with Gasteiger partial charge in [0.1, 0.15) is 0 Å². The number of para-hydroxylation sites is 1. The number of aromatic nitrogens is 2. The second-order valence-corrected chi connectivity index (χ2v) is 7.07. The molecule has 0 saturated heterocycles. The van der Waals surface area contributed by atoms with Crippen molar-refractivity contribution in [3.05, 3.63) is 72.1 Å². The maximum atomic E-state index is 12.7. The average molecular weight is 415 g/mol. The molecule has 6 nitrogen and oxygen atoms in total. The third-order valence-electron chi connectivity index (χ3n) is 4.17. The van der Waals surface area contributed by atoms with Gasteiger partial charge in [0.2, 0.25) is 0 Å². The molecule has 1 amide bonds. The van der Waals surface area contributed by atoms with Crippen molar-refractivity contribution in [2.75, 3.05) is 18.9 Å². The molecule has 0 atom stereocenters. The number of nitrogen functional groups attached to an aromatic ring is 1. The molecule has 0 saturated carbocycles. The molecule has 3 N–H and O–H groups in total. The molecular formula is C22H27ClN4O2. The van der Waals surface area contributed by atoms with Gasteiger partial charge in [0.25, 0.3) is 5.91 Å². The minimum Gasteiger partial charge on any atom is -0.489 e. The number of nitrogens with two attached hydrogens (primary N) is 1. The van der Waals surface area contributed by atoms with Crippen molar-refractivity contribution >= 4 is 24.0 Å². The maximum Gasteiger partial charge on any atom is 0.275 e. The summed E-state index contributed by atoms with van der Waals surface area (Å²) < 4.78 is 7.51. The summed E-state index contributed by atoms with van der Waals surface area (Å²) in [5.41, 5.74) is 8.71. The lowest BCUT2D eigenvalue weighted by molar-refractivity contribution is 0.0944. The van der Waals surface area contributed by atoms with E-state index in [0.29, 0.717) is 36.9 Å². The Morgan fingerprint density at radius 1 is 1.14 bits per heavy atom. The molecule has 7 heteroatoms. The lowest BCUT2D eigenvalue weighted by Gasteiger charge is -2.08. The SMILES string of the molecule is CC(C)COc1cn(-c2ccccc2)nc1C(=O)NCCc1ccc(N)cc1.Cl. The number of carbonyl (C=O) groups is 1. The van der Waals surface area contributed by atoms with Gasteiger partial charge < -0.3 is 15.8 Å². The number of hydrogen-bond donors (Lipinski definition) is 2.